The number of nitro groups is 1. The SMILES string of the molecule is COCCN(CC(=O)N1CCc2sccc2C1c1ccc(Cl)cc1Cl)C(=O)c1ccc(C)c([N+](=O)[O-])c1. The van der Waals surface area contributed by atoms with Gasteiger partial charge in [0.1, 0.15) is 6.54 Å². The van der Waals surface area contributed by atoms with Crippen molar-refractivity contribution in [3.05, 3.63) is 95.1 Å². The molecule has 2 amide bonds. The molecule has 1 unspecified atom stereocenters. The summed E-state index contributed by atoms with van der Waals surface area (Å²) in [5.41, 5.74) is 2.18. The molecule has 1 atom stereocenters. The van der Waals surface area contributed by atoms with E-state index in [4.69, 9.17) is 27.9 Å². The highest BCUT2D eigenvalue weighted by molar-refractivity contribution is 7.10. The molecule has 3 aromatic rings. The number of carbonyl (C=O) groups is 2. The largest absolute Gasteiger partial charge is 0.383 e. The van der Waals surface area contributed by atoms with Crippen LogP contribution in [-0.2, 0) is 16.0 Å². The molecule has 0 N–H and O–H groups in total. The molecule has 0 fully saturated rings. The van der Waals surface area contributed by atoms with Crippen molar-refractivity contribution < 1.29 is 19.2 Å². The number of nitro benzene ring substituents is 1. The second-order valence-electron chi connectivity index (χ2n) is 8.68. The molecule has 37 heavy (non-hydrogen) atoms. The van der Waals surface area contributed by atoms with Gasteiger partial charge in [0, 0.05) is 52.3 Å². The summed E-state index contributed by atoms with van der Waals surface area (Å²) >= 11 is 14.3. The van der Waals surface area contributed by atoms with E-state index in [9.17, 15) is 19.7 Å². The number of nitrogens with zero attached hydrogens (tertiary/aromatic N) is 3. The van der Waals surface area contributed by atoms with E-state index in [2.05, 4.69) is 0 Å². The molecule has 0 bridgehead atoms. The first-order valence-electron chi connectivity index (χ1n) is 11.5. The van der Waals surface area contributed by atoms with Gasteiger partial charge >= 0.3 is 0 Å². The fourth-order valence-electron chi connectivity index (χ4n) is 4.47. The molecule has 194 valence electrons. The number of methoxy groups -OCH3 is 1. The number of rotatable bonds is 8. The molecule has 4 rings (SSSR count). The van der Waals surface area contributed by atoms with Crippen LogP contribution in [0, 0.1) is 17.0 Å². The van der Waals surface area contributed by atoms with E-state index in [1.165, 1.54) is 35.1 Å². The van der Waals surface area contributed by atoms with Crippen LogP contribution in [-0.4, -0.2) is 59.9 Å². The summed E-state index contributed by atoms with van der Waals surface area (Å²) in [5, 5.41) is 14.3. The van der Waals surface area contributed by atoms with E-state index in [-0.39, 0.29) is 36.9 Å². The lowest BCUT2D eigenvalue weighted by atomic mass is 9.93. The standard InChI is InChI=1S/C26H25Cl2N3O5S/c1-16-3-4-17(13-22(16)31(34)35)26(33)29(10-11-36-2)15-24(32)30-9-7-23-20(8-12-37-23)25(30)19-6-5-18(27)14-21(19)28/h3-6,8,12-14,25H,7,9-11,15H2,1-2H3. The van der Waals surface area contributed by atoms with Crippen molar-refractivity contribution in [1.82, 2.24) is 9.80 Å². The Bertz CT molecular complexity index is 1350. The van der Waals surface area contributed by atoms with Crippen LogP contribution < -0.4 is 0 Å². The van der Waals surface area contributed by atoms with Crippen molar-refractivity contribution in [1.29, 1.82) is 0 Å². The van der Waals surface area contributed by atoms with Gasteiger partial charge in [0.05, 0.1) is 17.6 Å². The maximum Gasteiger partial charge on any atom is 0.273 e. The van der Waals surface area contributed by atoms with Gasteiger partial charge in [-0.1, -0.05) is 35.3 Å². The number of thiophene rings is 1. The van der Waals surface area contributed by atoms with Crippen molar-refractivity contribution in [2.75, 3.05) is 33.4 Å². The van der Waals surface area contributed by atoms with E-state index in [0.29, 0.717) is 28.6 Å². The monoisotopic (exact) mass is 561 g/mol. The molecule has 2 heterocycles. The van der Waals surface area contributed by atoms with Gasteiger partial charge in [-0.05, 0) is 54.1 Å². The predicted octanol–water partition coefficient (Wildman–Crippen LogP) is 5.53. The van der Waals surface area contributed by atoms with Crippen LogP contribution in [0.3, 0.4) is 0 Å². The Balaban J connectivity index is 1.65. The molecule has 1 aliphatic rings. The van der Waals surface area contributed by atoms with E-state index < -0.39 is 16.9 Å². The van der Waals surface area contributed by atoms with E-state index >= 15 is 0 Å². The number of carbonyl (C=O) groups excluding carboxylic acids is 2. The summed E-state index contributed by atoms with van der Waals surface area (Å²) in [6.07, 6.45) is 0.691. The molecular weight excluding hydrogens is 537 g/mol. The number of fused-ring (bicyclic) bond motifs is 1. The quantitative estimate of drug-likeness (QED) is 0.266. The molecule has 1 aromatic heterocycles. The van der Waals surface area contributed by atoms with Crippen LogP contribution in [0.4, 0.5) is 5.69 Å². The summed E-state index contributed by atoms with van der Waals surface area (Å²) in [7, 11) is 1.50. The minimum atomic E-state index is -0.524. The molecule has 0 saturated carbocycles. The van der Waals surface area contributed by atoms with Crippen LogP contribution in [0.25, 0.3) is 0 Å². The molecule has 0 radical (unpaired) electrons. The first-order chi connectivity index (χ1) is 17.7. The van der Waals surface area contributed by atoms with Gasteiger partial charge in [-0.3, -0.25) is 19.7 Å². The summed E-state index contributed by atoms with van der Waals surface area (Å²) in [6, 6.07) is 11.1. The summed E-state index contributed by atoms with van der Waals surface area (Å²) in [4.78, 5) is 42.3. The molecule has 0 saturated heterocycles. The Morgan fingerprint density at radius 2 is 1.97 bits per heavy atom. The molecule has 1 aliphatic heterocycles. The van der Waals surface area contributed by atoms with Gasteiger partial charge in [0.25, 0.3) is 11.6 Å². The van der Waals surface area contributed by atoms with Gasteiger partial charge in [-0.25, -0.2) is 0 Å². The van der Waals surface area contributed by atoms with Crippen LogP contribution in [0.15, 0.2) is 47.8 Å². The number of ether oxygens (including phenoxy) is 1. The highest BCUT2D eigenvalue weighted by Crippen LogP contribution is 2.41. The van der Waals surface area contributed by atoms with Gasteiger partial charge in [-0.15, -0.1) is 11.3 Å². The third-order valence-corrected chi connectivity index (χ3v) is 7.93. The molecule has 11 heteroatoms. The highest BCUT2D eigenvalue weighted by atomic mass is 35.5. The van der Waals surface area contributed by atoms with Crippen LogP contribution in [0.2, 0.25) is 10.0 Å². The van der Waals surface area contributed by atoms with Crippen molar-refractivity contribution in [2.24, 2.45) is 0 Å². The van der Waals surface area contributed by atoms with Crippen molar-refractivity contribution in [2.45, 2.75) is 19.4 Å². The van der Waals surface area contributed by atoms with Crippen LogP contribution >= 0.6 is 34.5 Å². The third kappa shape index (κ3) is 5.80. The van der Waals surface area contributed by atoms with E-state index in [0.717, 1.165) is 11.1 Å². The topological polar surface area (TPSA) is 93.0 Å². The first-order valence-corrected chi connectivity index (χ1v) is 13.2. The Kier molecular flexibility index (Phi) is 8.49. The van der Waals surface area contributed by atoms with Crippen molar-refractivity contribution in [3.8, 4) is 0 Å². The van der Waals surface area contributed by atoms with E-state index in [1.54, 1.807) is 35.3 Å². The molecule has 2 aromatic carbocycles. The Hall–Kier alpha value is -2.98. The minimum Gasteiger partial charge on any atom is -0.383 e. The normalized spacial score (nSPS) is 14.8. The van der Waals surface area contributed by atoms with Crippen molar-refractivity contribution >= 4 is 52.0 Å². The summed E-state index contributed by atoms with van der Waals surface area (Å²) < 4.78 is 5.16. The Labute approximate surface area is 228 Å². The van der Waals surface area contributed by atoms with Gasteiger partial charge in [-0.2, -0.15) is 0 Å². The fraction of sp³-hybridized carbons (Fsp3) is 0.308. The zero-order valence-electron chi connectivity index (χ0n) is 20.3. The smallest absolute Gasteiger partial charge is 0.273 e. The lowest BCUT2D eigenvalue weighted by molar-refractivity contribution is -0.385. The van der Waals surface area contributed by atoms with E-state index in [1.807, 2.05) is 17.5 Å². The second kappa shape index (κ2) is 11.6. The van der Waals surface area contributed by atoms with Gasteiger partial charge in [0.2, 0.25) is 5.91 Å². The number of halogens is 2. The van der Waals surface area contributed by atoms with Crippen LogP contribution in [0.1, 0.15) is 38.0 Å². The minimum absolute atomic E-state index is 0.136. The Morgan fingerprint density at radius 3 is 2.68 bits per heavy atom. The highest BCUT2D eigenvalue weighted by Gasteiger charge is 2.35. The molecule has 8 nitrogen and oxygen atoms in total. The maximum atomic E-state index is 13.7. The average Bonchev–Trinajstić information content (AvgIpc) is 3.35. The average molecular weight is 562 g/mol. The summed E-state index contributed by atoms with van der Waals surface area (Å²) in [5.74, 6) is -0.748. The number of hydrogen-bond acceptors (Lipinski definition) is 6. The molecule has 0 aliphatic carbocycles. The van der Waals surface area contributed by atoms with Crippen LogP contribution in [0.5, 0.6) is 0 Å². The fourth-order valence-corrected chi connectivity index (χ4v) is 5.89. The number of aryl methyl sites for hydroxylation is 1. The Morgan fingerprint density at radius 1 is 1.19 bits per heavy atom. The lowest BCUT2D eigenvalue weighted by Crippen LogP contribution is -2.47. The maximum absolute atomic E-state index is 13.7. The summed E-state index contributed by atoms with van der Waals surface area (Å²) in [6.45, 7) is 2.19. The number of hydrogen-bond donors (Lipinski definition) is 0. The molecular formula is C26H25Cl2N3O5S. The van der Waals surface area contributed by atoms with Crippen molar-refractivity contribution in [3.63, 3.8) is 0 Å². The van der Waals surface area contributed by atoms with Gasteiger partial charge < -0.3 is 14.5 Å². The van der Waals surface area contributed by atoms with Gasteiger partial charge in [0.15, 0.2) is 0 Å². The number of amides is 2. The third-order valence-electron chi connectivity index (χ3n) is 6.37. The lowest BCUT2D eigenvalue weighted by Gasteiger charge is -2.38. The number of benzene rings is 2. The predicted molar refractivity (Wildman–Crippen MR) is 144 cm³/mol. The second-order valence-corrected chi connectivity index (χ2v) is 10.5. The molecule has 0 spiro atoms. The zero-order valence-corrected chi connectivity index (χ0v) is 22.6. The zero-order chi connectivity index (χ0) is 26.7. The first kappa shape index (κ1) is 27.1.